The maximum absolute atomic E-state index is 11.6. The maximum Gasteiger partial charge on any atom is 0.243 e. The number of carbonyl (C=O) groups excluding carboxylic acids is 1. The minimum Gasteiger partial charge on any atom is -0.354 e. The Balaban J connectivity index is 2.68. The summed E-state index contributed by atoms with van der Waals surface area (Å²) in [4.78, 5) is 18.7. The van der Waals surface area contributed by atoms with Gasteiger partial charge in [-0.1, -0.05) is 6.07 Å². The van der Waals surface area contributed by atoms with E-state index in [1.807, 2.05) is 19.9 Å². The van der Waals surface area contributed by atoms with Gasteiger partial charge in [-0.25, -0.2) is 4.99 Å². The van der Waals surface area contributed by atoms with Crippen LogP contribution in [0.15, 0.2) is 22.5 Å². The number of nitrogens with zero attached hydrogens (tertiary/aromatic N) is 2. The molecule has 1 rings (SSSR count). The van der Waals surface area contributed by atoms with E-state index in [1.54, 1.807) is 30.3 Å². The second-order valence-electron chi connectivity index (χ2n) is 5.13. The molecule has 0 fully saturated rings. The van der Waals surface area contributed by atoms with Gasteiger partial charge in [0.15, 0.2) is 5.96 Å². The smallest absolute Gasteiger partial charge is 0.243 e. The van der Waals surface area contributed by atoms with Crippen LogP contribution in [-0.2, 0) is 4.79 Å². The molecule has 6 heteroatoms. The average molecular weight is 296 g/mol. The lowest BCUT2D eigenvalue weighted by molar-refractivity contribution is -0.127. The van der Waals surface area contributed by atoms with Crippen LogP contribution in [0.5, 0.6) is 0 Å². The van der Waals surface area contributed by atoms with Crippen molar-refractivity contribution in [3.8, 4) is 0 Å². The minimum atomic E-state index is -0.0152. The van der Waals surface area contributed by atoms with Gasteiger partial charge in [-0.3, -0.25) is 4.79 Å². The van der Waals surface area contributed by atoms with Crippen molar-refractivity contribution >= 4 is 23.2 Å². The Hall–Kier alpha value is -1.56. The summed E-state index contributed by atoms with van der Waals surface area (Å²) in [6.07, 6.45) is 0. The third-order valence-corrected chi connectivity index (χ3v) is 3.67. The highest BCUT2D eigenvalue weighted by atomic mass is 32.1. The Bertz CT molecular complexity index is 440. The van der Waals surface area contributed by atoms with Gasteiger partial charge in [0.25, 0.3) is 0 Å². The number of amides is 1. The van der Waals surface area contributed by atoms with Gasteiger partial charge in [-0.15, -0.1) is 11.3 Å². The van der Waals surface area contributed by atoms with Gasteiger partial charge < -0.3 is 15.5 Å². The number of aliphatic imine (C=N–C) groups is 1. The van der Waals surface area contributed by atoms with E-state index >= 15 is 0 Å². The predicted molar refractivity (Wildman–Crippen MR) is 85.1 cm³/mol. The molecule has 1 aromatic heterocycles. The molecule has 0 saturated carbocycles. The van der Waals surface area contributed by atoms with Crippen LogP contribution >= 0.6 is 11.3 Å². The summed E-state index contributed by atoms with van der Waals surface area (Å²) in [6.45, 7) is 6.31. The molecule has 0 aliphatic carbocycles. The first-order valence-corrected chi connectivity index (χ1v) is 7.59. The normalized spacial score (nSPS) is 13.2. The number of nitrogens with one attached hydrogen (secondary N) is 2. The molecular weight excluding hydrogens is 272 g/mol. The first-order valence-electron chi connectivity index (χ1n) is 6.71. The van der Waals surface area contributed by atoms with Gasteiger partial charge in [0, 0.05) is 25.0 Å². The van der Waals surface area contributed by atoms with E-state index in [1.165, 1.54) is 4.88 Å². The molecule has 0 aliphatic rings. The summed E-state index contributed by atoms with van der Waals surface area (Å²) < 4.78 is 0. The second kappa shape index (κ2) is 7.89. The molecule has 1 aromatic rings. The van der Waals surface area contributed by atoms with E-state index < -0.39 is 0 Å². The summed E-state index contributed by atoms with van der Waals surface area (Å²) >= 11 is 1.70. The van der Waals surface area contributed by atoms with Crippen LogP contribution in [0.25, 0.3) is 0 Å². The number of likely N-dealkylation sites (N-methyl/N-ethyl adjacent to an activating group) is 1. The van der Waals surface area contributed by atoms with Crippen LogP contribution in [0.3, 0.4) is 0 Å². The van der Waals surface area contributed by atoms with Crippen LogP contribution in [0, 0.1) is 0 Å². The van der Waals surface area contributed by atoms with E-state index in [2.05, 4.69) is 34.0 Å². The Kier molecular flexibility index (Phi) is 6.51. The van der Waals surface area contributed by atoms with E-state index in [-0.39, 0.29) is 24.5 Å². The lowest BCUT2D eigenvalue weighted by atomic mass is 10.3. The molecule has 0 radical (unpaired) electrons. The standard InChI is InChI=1S/C14H24N4OS/c1-10(2)16-14(15-9-13(19)18(4)5)17-11(3)12-7-6-8-20-12/h6-8,10-11H,9H2,1-5H3,(H2,15,16,17). The molecule has 1 amide bonds. The summed E-state index contributed by atoms with van der Waals surface area (Å²) in [6, 6.07) is 4.53. The first-order chi connectivity index (χ1) is 9.40. The summed E-state index contributed by atoms with van der Waals surface area (Å²) in [7, 11) is 3.46. The topological polar surface area (TPSA) is 56.7 Å². The molecule has 1 heterocycles. The fourth-order valence-corrected chi connectivity index (χ4v) is 2.24. The molecule has 0 spiro atoms. The van der Waals surface area contributed by atoms with Crippen molar-refractivity contribution in [2.24, 2.45) is 4.99 Å². The van der Waals surface area contributed by atoms with Crippen molar-refractivity contribution < 1.29 is 4.79 Å². The van der Waals surface area contributed by atoms with Gasteiger partial charge in [-0.2, -0.15) is 0 Å². The monoisotopic (exact) mass is 296 g/mol. The van der Waals surface area contributed by atoms with Crippen molar-refractivity contribution in [3.63, 3.8) is 0 Å². The SMILES string of the molecule is CC(C)NC(=NCC(=O)N(C)C)NC(C)c1cccs1. The minimum absolute atomic E-state index is 0.0152. The van der Waals surface area contributed by atoms with Gasteiger partial charge in [0.1, 0.15) is 6.54 Å². The molecule has 0 aliphatic heterocycles. The van der Waals surface area contributed by atoms with Crippen LogP contribution in [0.2, 0.25) is 0 Å². The van der Waals surface area contributed by atoms with Gasteiger partial charge >= 0.3 is 0 Å². The summed E-state index contributed by atoms with van der Waals surface area (Å²) in [5.74, 6) is 0.648. The van der Waals surface area contributed by atoms with E-state index in [4.69, 9.17) is 0 Å². The van der Waals surface area contributed by atoms with Crippen molar-refractivity contribution in [1.82, 2.24) is 15.5 Å². The van der Waals surface area contributed by atoms with Crippen LogP contribution in [0.1, 0.15) is 31.7 Å². The average Bonchev–Trinajstić information content (AvgIpc) is 2.88. The van der Waals surface area contributed by atoms with Crippen LogP contribution in [-0.4, -0.2) is 43.4 Å². The Morgan fingerprint density at radius 3 is 2.55 bits per heavy atom. The van der Waals surface area contributed by atoms with Crippen molar-refractivity contribution in [1.29, 1.82) is 0 Å². The highest BCUT2D eigenvalue weighted by Crippen LogP contribution is 2.17. The first kappa shape index (κ1) is 16.5. The van der Waals surface area contributed by atoms with Gasteiger partial charge in [0.2, 0.25) is 5.91 Å². The van der Waals surface area contributed by atoms with E-state index in [0.717, 1.165) is 0 Å². The zero-order chi connectivity index (χ0) is 15.1. The molecule has 2 N–H and O–H groups in total. The number of guanidine groups is 1. The summed E-state index contributed by atoms with van der Waals surface area (Å²) in [5, 5.41) is 8.61. The highest BCUT2D eigenvalue weighted by Gasteiger charge is 2.11. The zero-order valence-corrected chi connectivity index (χ0v) is 13.6. The lowest BCUT2D eigenvalue weighted by Crippen LogP contribution is -2.42. The van der Waals surface area contributed by atoms with E-state index in [0.29, 0.717) is 5.96 Å². The number of thiophene rings is 1. The number of hydrogen-bond acceptors (Lipinski definition) is 3. The molecule has 5 nitrogen and oxygen atoms in total. The second-order valence-corrected chi connectivity index (χ2v) is 6.11. The maximum atomic E-state index is 11.6. The molecule has 0 aromatic carbocycles. The Morgan fingerprint density at radius 1 is 1.35 bits per heavy atom. The number of hydrogen-bond donors (Lipinski definition) is 2. The number of carbonyl (C=O) groups is 1. The predicted octanol–water partition coefficient (Wildman–Crippen LogP) is 1.84. The van der Waals surface area contributed by atoms with Crippen molar-refractivity contribution in [2.75, 3.05) is 20.6 Å². The molecule has 1 atom stereocenters. The molecule has 0 saturated heterocycles. The molecule has 1 unspecified atom stereocenters. The summed E-state index contributed by atoms with van der Waals surface area (Å²) in [5.41, 5.74) is 0. The fraction of sp³-hybridized carbons (Fsp3) is 0.571. The zero-order valence-electron chi connectivity index (χ0n) is 12.8. The van der Waals surface area contributed by atoms with Gasteiger partial charge in [0.05, 0.1) is 6.04 Å². The van der Waals surface area contributed by atoms with Gasteiger partial charge in [-0.05, 0) is 32.2 Å². The van der Waals surface area contributed by atoms with Crippen LogP contribution in [0.4, 0.5) is 0 Å². The van der Waals surface area contributed by atoms with Crippen molar-refractivity contribution in [2.45, 2.75) is 32.9 Å². The molecule has 0 bridgehead atoms. The molecule has 112 valence electrons. The fourth-order valence-electron chi connectivity index (χ4n) is 1.51. The third kappa shape index (κ3) is 5.61. The highest BCUT2D eigenvalue weighted by molar-refractivity contribution is 7.10. The van der Waals surface area contributed by atoms with Crippen molar-refractivity contribution in [3.05, 3.63) is 22.4 Å². The lowest BCUT2D eigenvalue weighted by Gasteiger charge is -2.19. The molecule has 20 heavy (non-hydrogen) atoms. The van der Waals surface area contributed by atoms with Crippen LogP contribution < -0.4 is 10.6 Å². The Morgan fingerprint density at radius 2 is 2.05 bits per heavy atom. The third-order valence-electron chi connectivity index (χ3n) is 2.62. The molecular formula is C14H24N4OS. The Labute approximate surface area is 125 Å². The largest absolute Gasteiger partial charge is 0.354 e. The van der Waals surface area contributed by atoms with E-state index in [9.17, 15) is 4.79 Å². The number of rotatable bonds is 5. The quantitative estimate of drug-likeness (QED) is 0.644.